The Morgan fingerprint density at radius 2 is 2.25 bits per heavy atom. The molecule has 88 valence electrons. The Morgan fingerprint density at radius 3 is 2.94 bits per heavy atom. The van der Waals surface area contributed by atoms with Gasteiger partial charge in [0.25, 0.3) is 5.56 Å². The summed E-state index contributed by atoms with van der Waals surface area (Å²) in [5.41, 5.74) is 5.80. The van der Waals surface area contributed by atoms with Gasteiger partial charge in [0.2, 0.25) is 5.95 Å². The molecule has 1 aliphatic rings. The van der Waals surface area contributed by atoms with Gasteiger partial charge in [-0.05, 0) is 18.8 Å². The van der Waals surface area contributed by atoms with E-state index >= 15 is 0 Å². The van der Waals surface area contributed by atoms with Gasteiger partial charge in [-0.2, -0.15) is 0 Å². The monoisotopic (exact) mass is 223 g/mol. The molecule has 1 saturated carbocycles. The number of aromatic amines is 1. The van der Waals surface area contributed by atoms with Gasteiger partial charge in [-0.25, -0.2) is 4.98 Å². The first-order valence-corrected chi connectivity index (χ1v) is 5.67. The number of anilines is 1. The molecule has 1 heterocycles. The number of nitrogens with one attached hydrogen (secondary N) is 1. The molecule has 0 aliphatic heterocycles. The van der Waals surface area contributed by atoms with Crippen LogP contribution >= 0.6 is 0 Å². The maximum atomic E-state index is 11.1. The van der Waals surface area contributed by atoms with E-state index in [0.717, 1.165) is 6.61 Å². The summed E-state index contributed by atoms with van der Waals surface area (Å²) in [4.78, 5) is 17.5. The zero-order valence-electron chi connectivity index (χ0n) is 9.24. The maximum absolute atomic E-state index is 11.1. The number of nitrogens with two attached hydrogens (primary N) is 1. The lowest BCUT2D eigenvalue weighted by molar-refractivity contribution is 0.0867. The van der Waals surface area contributed by atoms with Crippen molar-refractivity contribution in [2.45, 2.75) is 32.3 Å². The first-order chi connectivity index (χ1) is 7.74. The Kier molecular flexibility index (Phi) is 3.56. The van der Waals surface area contributed by atoms with Crippen LogP contribution in [0.3, 0.4) is 0 Å². The Hall–Kier alpha value is -1.36. The van der Waals surface area contributed by atoms with E-state index in [2.05, 4.69) is 9.97 Å². The van der Waals surface area contributed by atoms with E-state index in [1.165, 1.54) is 31.7 Å². The van der Waals surface area contributed by atoms with Crippen LogP contribution in [0.2, 0.25) is 0 Å². The zero-order valence-corrected chi connectivity index (χ0v) is 9.24. The molecule has 1 aromatic rings. The number of rotatable bonds is 4. The Morgan fingerprint density at radius 1 is 1.50 bits per heavy atom. The van der Waals surface area contributed by atoms with E-state index in [-0.39, 0.29) is 11.5 Å². The first-order valence-electron chi connectivity index (χ1n) is 5.67. The molecule has 0 amide bonds. The van der Waals surface area contributed by atoms with Gasteiger partial charge in [-0.1, -0.05) is 12.8 Å². The number of nitrogens with zero attached hydrogens (tertiary/aromatic N) is 1. The highest BCUT2D eigenvalue weighted by molar-refractivity contribution is 5.16. The summed E-state index contributed by atoms with van der Waals surface area (Å²) in [6.07, 6.45) is 5.13. The van der Waals surface area contributed by atoms with Crippen molar-refractivity contribution >= 4 is 5.95 Å². The van der Waals surface area contributed by atoms with Gasteiger partial charge in [0.1, 0.15) is 0 Å². The van der Waals surface area contributed by atoms with Crippen LogP contribution in [-0.4, -0.2) is 16.6 Å². The summed E-state index contributed by atoms with van der Waals surface area (Å²) < 4.78 is 5.54. The molecular weight excluding hydrogens is 206 g/mol. The highest BCUT2D eigenvalue weighted by Crippen LogP contribution is 2.24. The highest BCUT2D eigenvalue weighted by atomic mass is 16.5. The van der Waals surface area contributed by atoms with Crippen molar-refractivity contribution in [1.82, 2.24) is 9.97 Å². The first kappa shape index (κ1) is 11.1. The van der Waals surface area contributed by atoms with Crippen molar-refractivity contribution in [2.75, 3.05) is 12.3 Å². The molecular formula is C11H17N3O2. The summed E-state index contributed by atoms with van der Waals surface area (Å²) in [7, 11) is 0. The minimum Gasteiger partial charge on any atom is -0.375 e. The minimum atomic E-state index is -0.230. The molecule has 0 unspecified atom stereocenters. The van der Waals surface area contributed by atoms with Gasteiger partial charge in [0.05, 0.1) is 12.3 Å². The van der Waals surface area contributed by atoms with Crippen LogP contribution in [0.5, 0.6) is 0 Å². The number of nitrogen functional groups attached to an aromatic ring is 1. The second kappa shape index (κ2) is 5.12. The summed E-state index contributed by atoms with van der Waals surface area (Å²) in [5, 5.41) is 0. The molecule has 2 rings (SSSR count). The third-order valence-electron chi connectivity index (χ3n) is 2.89. The topological polar surface area (TPSA) is 81.0 Å². The molecule has 0 spiro atoms. The van der Waals surface area contributed by atoms with Crippen molar-refractivity contribution in [1.29, 1.82) is 0 Å². The molecule has 3 N–H and O–H groups in total. The normalized spacial score (nSPS) is 16.8. The maximum Gasteiger partial charge on any atom is 0.252 e. The average molecular weight is 223 g/mol. The molecule has 0 aromatic carbocycles. The van der Waals surface area contributed by atoms with E-state index in [0.29, 0.717) is 18.2 Å². The fourth-order valence-electron chi connectivity index (χ4n) is 2.11. The number of H-pyrrole nitrogens is 1. The van der Waals surface area contributed by atoms with E-state index in [1.54, 1.807) is 0 Å². The molecule has 1 aromatic heterocycles. The second-order valence-electron chi connectivity index (χ2n) is 4.29. The van der Waals surface area contributed by atoms with Gasteiger partial charge < -0.3 is 10.5 Å². The second-order valence-corrected chi connectivity index (χ2v) is 4.29. The lowest BCUT2D eigenvalue weighted by atomic mass is 10.1. The standard InChI is InChI=1S/C11H17N3O2/c12-11-13-9(5-10(15)14-11)7-16-6-8-3-1-2-4-8/h5,8H,1-4,6-7H2,(H3,12,13,14,15). The molecule has 0 atom stereocenters. The van der Waals surface area contributed by atoms with Crippen LogP contribution < -0.4 is 11.3 Å². The van der Waals surface area contributed by atoms with Crippen molar-refractivity contribution < 1.29 is 4.74 Å². The number of hydrogen-bond acceptors (Lipinski definition) is 4. The predicted octanol–water partition coefficient (Wildman–Crippen LogP) is 1.06. The van der Waals surface area contributed by atoms with E-state index in [4.69, 9.17) is 10.5 Å². The van der Waals surface area contributed by atoms with Gasteiger partial charge in [0, 0.05) is 12.7 Å². The molecule has 1 fully saturated rings. The number of hydrogen-bond donors (Lipinski definition) is 2. The summed E-state index contributed by atoms with van der Waals surface area (Å²) in [6, 6.07) is 1.42. The van der Waals surface area contributed by atoms with Gasteiger partial charge in [-0.3, -0.25) is 9.78 Å². The third kappa shape index (κ3) is 3.06. The predicted molar refractivity (Wildman–Crippen MR) is 60.9 cm³/mol. The molecule has 5 heteroatoms. The average Bonchev–Trinajstić information content (AvgIpc) is 2.69. The lowest BCUT2D eigenvalue weighted by Crippen LogP contribution is -2.13. The van der Waals surface area contributed by atoms with Crippen molar-refractivity contribution in [3.63, 3.8) is 0 Å². The fourth-order valence-corrected chi connectivity index (χ4v) is 2.11. The van der Waals surface area contributed by atoms with Crippen LogP contribution in [0.15, 0.2) is 10.9 Å². The zero-order chi connectivity index (χ0) is 11.4. The SMILES string of the molecule is Nc1nc(COCC2CCCC2)cc(=O)[nH]1. The molecule has 16 heavy (non-hydrogen) atoms. The lowest BCUT2D eigenvalue weighted by Gasteiger charge is -2.09. The van der Waals surface area contributed by atoms with Crippen LogP contribution in [0, 0.1) is 5.92 Å². The summed E-state index contributed by atoms with van der Waals surface area (Å²) in [5.74, 6) is 0.825. The Labute approximate surface area is 94.0 Å². The van der Waals surface area contributed by atoms with Crippen molar-refractivity contribution in [3.8, 4) is 0 Å². The summed E-state index contributed by atoms with van der Waals surface area (Å²) >= 11 is 0. The van der Waals surface area contributed by atoms with E-state index < -0.39 is 0 Å². The van der Waals surface area contributed by atoms with Crippen molar-refractivity contribution in [2.24, 2.45) is 5.92 Å². The van der Waals surface area contributed by atoms with E-state index in [1.807, 2.05) is 0 Å². The van der Waals surface area contributed by atoms with Gasteiger partial charge >= 0.3 is 0 Å². The third-order valence-corrected chi connectivity index (χ3v) is 2.89. The van der Waals surface area contributed by atoms with Crippen LogP contribution in [-0.2, 0) is 11.3 Å². The molecule has 1 aliphatic carbocycles. The summed E-state index contributed by atoms with van der Waals surface area (Å²) in [6.45, 7) is 1.12. The van der Waals surface area contributed by atoms with Crippen molar-refractivity contribution in [3.05, 3.63) is 22.1 Å². The van der Waals surface area contributed by atoms with Crippen LogP contribution in [0.1, 0.15) is 31.4 Å². The minimum absolute atomic E-state index is 0.145. The van der Waals surface area contributed by atoms with Crippen LogP contribution in [0.4, 0.5) is 5.95 Å². The van der Waals surface area contributed by atoms with Crippen LogP contribution in [0.25, 0.3) is 0 Å². The Balaban J connectivity index is 1.82. The largest absolute Gasteiger partial charge is 0.375 e. The van der Waals surface area contributed by atoms with E-state index in [9.17, 15) is 4.79 Å². The van der Waals surface area contributed by atoms with Gasteiger partial charge in [-0.15, -0.1) is 0 Å². The number of ether oxygens (including phenoxy) is 1. The molecule has 5 nitrogen and oxygen atoms in total. The smallest absolute Gasteiger partial charge is 0.252 e. The fraction of sp³-hybridized carbons (Fsp3) is 0.636. The molecule has 0 radical (unpaired) electrons. The number of aromatic nitrogens is 2. The molecule has 0 saturated heterocycles. The molecule has 0 bridgehead atoms. The van der Waals surface area contributed by atoms with Gasteiger partial charge in [0.15, 0.2) is 0 Å². The quantitative estimate of drug-likeness (QED) is 0.799. The highest BCUT2D eigenvalue weighted by Gasteiger charge is 2.14. The Bertz CT molecular complexity index is 396.